The summed E-state index contributed by atoms with van der Waals surface area (Å²) in [5.41, 5.74) is 2.65. The lowest BCUT2D eigenvalue weighted by Gasteiger charge is -2.13. The van der Waals surface area contributed by atoms with Gasteiger partial charge in [0.05, 0.1) is 10.9 Å². The highest BCUT2D eigenvalue weighted by Gasteiger charge is 2.30. The first-order valence-electron chi connectivity index (χ1n) is 8.13. The molecule has 0 unspecified atom stereocenters. The van der Waals surface area contributed by atoms with E-state index < -0.39 is 11.7 Å². The van der Waals surface area contributed by atoms with Gasteiger partial charge in [-0.2, -0.15) is 13.2 Å². The number of alkyl halides is 3. The number of nitrogens with zero attached hydrogens (tertiary/aromatic N) is 1. The second-order valence-electron chi connectivity index (χ2n) is 5.96. The Balaban J connectivity index is 2.14. The minimum absolute atomic E-state index is 0.571. The highest BCUT2D eigenvalue weighted by atomic mass is 19.4. The molecule has 0 atom stereocenters. The van der Waals surface area contributed by atoms with Gasteiger partial charge < -0.3 is 0 Å². The molecule has 2 aromatic carbocycles. The van der Waals surface area contributed by atoms with E-state index in [1.807, 2.05) is 44.2 Å². The summed E-state index contributed by atoms with van der Waals surface area (Å²) in [6.07, 6.45) is 2.29. The first-order valence-corrected chi connectivity index (χ1v) is 8.13. The van der Waals surface area contributed by atoms with Crippen LogP contribution in [0.25, 0.3) is 17.3 Å². The minimum Gasteiger partial charge on any atom is -0.255 e. The summed E-state index contributed by atoms with van der Waals surface area (Å²) in [5.74, 6) is 0. The van der Waals surface area contributed by atoms with Gasteiger partial charge in [-0.25, -0.2) is 0 Å². The molecule has 0 saturated carbocycles. The van der Waals surface area contributed by atoms with Crippen LogP contribution in [-0.2, 0) is 6.18 Å². The van der Waals surface area contributed by atoms with E-state index in [-0.39, 0.29) is 0 Å². The van der Waals surface area contributed by atoms with Gasteiger partial charge >= 0.3 is 6.18 Å². The summed E-state index contributed by atoms with van der Waals surface area (Å²) < 4.78 is 39.1. The number of allylic oxidation sites excluding steroid dienone is 4. The lowest BCUT2D eigenvalue weighted by molar-refractivity contribution is -0.137. The highest BCUT2D eigenvalue weighted by molar-refractivity contribution is 5.94. The van der Waals surface area contributed by atoms with Crippen molar-refractivity contribution in [1.82, 2.24) is 0 Å². The molecular formula is C21H18F3N. The summed E-state index contributed by atoms with van der Waals surface area (Å²) in [6.45, 7) is 3.89. The Bertz CT molecular complexity index is 979. The molecule has 1 aliphatic heterocycles. The van der Waals surface area contributed by atoms with Gasteiger partial charge in [0.15, 0.2) is 0 Å². The van der Waals surface area contributed by atoms with E-state index in [1.54, 1.807) is 12.3 Å². The lowest BCUT2D eigenvalue weighted by atomic mass is 9.93. The highest BCUT2D eigenvalue weighted by Crippen LogP contribution is 2.33. The predicted octanol–water partition coefficient (Wildman–Crippen LogP) is 4.97. The van der Waals surface area contributed by atoms with Gasteiger partial charge in [-0.1, -0.05) is 37.3 Å². The van der Waals surface area contributed by atoms with E-state index in [0.29, 0.717) is 5.56 Å². The normalized spacial score (nSPS) is 14.3. The van der Waals surface area contributed by atoms with Crippen molar-refractivity contribution >= 4 is 17.3 Å². The van der Waals surface area contributed by atoms with E-state index >= 15 is 0 Å². The van der Waals surface area contributed by atoms with Gasteiger partial charge in [-0.15, -0.1) is 0 Å². The molecule has 2 aromatic rings. The van der Waals surface area contributed by atoms with Crippen LogP contribution in [0.2, 0.25) is 0 Å². The van der Waals surface area contributed by atoms with E-state index in [1.165, 1.54) is 12.1 Å². The molecule has 1 aliphatic rings. The standard InChI is InChI=1S/C21H18F3N/c1-3-4-8-19(16-9-10-20-17(11-16)13-25-20)14(2)15-6-5-7-18(12-15)21(22,23)24/h4-13H,3H2,1-2H3/b8-4-,19-14-. The molecule has 1 nitrogen and oxygen atoms in total. The molecule has 0 aliphatic carbocycles. The van der Waals surface area contributed by atoms with Gasteiger partial charge in [-0.05, 0) is 59.9 Å². The molecule has 0 amide bonds. The van der Waals surface area contributed by atoms with Crippen molar-refractivity contribution in [1.29, 1.82) is 0 Å². The molecule has 25 heavy (non-hydrogen) atoms. The van der Waals surface area contributed by atoms with Crippen molar-refractivity contribution in [2.75, 3.05) is 0 Å². The topological polar surface area (TPSA) is 12.4 Å². The molecule has 0 bridgehead atoms. The van der Waals surface area contributed by atoms with Crippen molar-refractivity contribution < 1.29 is 13.2 Å². The zero-order chi connectivity index (χ0) is 18.0. The number of benzene rings is 2. The van der Waals surface area contributed by atoms with Gasteiger partial charge in [0.1, 0.15) is 0 Å². The van der Waals surface area contributed by atoms with Crippen LogP contribution in [0.15, 0.2) is 59.6 Å². The molecule has 0 aromatic heterocycles. The van der Waals surface area contributed by atoms with Gasteiger partial charge in [0.2, 0.25) is 0 Å². The van der Waals surface area contributed by atoms with Crippen molar-refractivity contribution in [2.24, 2.45) is 4.99 Å². The average Bonchev–Trinajstić information content (AvgIpc) is 2.56. The second kappa shape index (κ2) is 6.71. The first-order chi connectivity index (χ1) is 11.9. The maximum absolute atomic E-state index is 13.0. The van der Waals surface area contributed by atoms with Crippen LogP contribution in [0.5, 0.6) is 0 Å². The van der Waals surface area contributed by atoms with Crippen LogP contribution in [0.4, 0.5) is 13.2 Å². The predicted molar refractivity (Wildman–Crippen MR) is 95.1 cm³/mol. The molecule has 1 heterocycles. The largest absolute Gasteiger partial charge is 0.416 e. The molecule has 128 valence electrons. The van der Waals surface area contributed by atoms with Crippen molar-refractivity contribution in [3.8, 4) is 0 Å². The number of hydrogen-bond acceptors (Lipinski definition) is 1. The summed E-state index contributed by atoms with van der Waals surface area (Å²) >= 11 is 0. The number of halogens is 3. The van der Waals surface area contributed by atoms with E-state index in [9.17, 15) is 13.2 Å². The number of hydrogen-bond donors (Lipinski definition) is 0. The maximum Gasteiger partial charge on any atom is 0.416 e. The lowest BCUT2D eigenvalue weighted by Crippen LogP contribution is -2.30. The summed E-state index contributed by atoms with van der Waals surface area (Å²) in [6, 6.07) is 11.4. The van der Waals surface area contributed by atoms with Crippen LogP contribution < -0.4 is 10.6 Å². The minimum atomic E-state index is -4.35. The van der Waals surface area contributed by atoms with Gasteiger partial charge in [0, 0.05) is 11.4 Å². The Hall–Kier alpha value is -2.62. The Morgan fingerprint density at radius 3 is 2.48 bits per heavy atom. The molecule has 0 spiro atoms. The molecule has 0 N–H and O–H groups in total. The zero-order valence-electron chi connectivity index (χ0n) is 14.1. The second-order valence-corrected chi connectivity index (χ2v) is 5.96. The third kappa shape index (κ3) is 3.58. The van der Waals surface area contributed by atoms with Crippen LogP contribution >= 0.6 is 0 Å². The van der Waals surface area contributed by atoms with Crippen molar-refractivity contribution in [3.63, 3.8) is 0 Å². The maximum atomic E-state index is 13.0. The van der Waals surface area contributed by atoms with E-state index in [4.69, 9.17) is 0 Å². The molecule has 3 rings (SSSR count). The van der Waals surface area contributed by atoms with Crippen LogP contribution in [-0.4, -0.2) is 0 Å². The quantitative estimate of drug-likeness (QED) is 0.550. The van der Waals surface area contributed by atoms with Gasteiger partial charge in [-0.3, -0.25) is 4.99 Å². The van der Waals surface area contributed by atoms with Crippen LogP contribution in [0.3, 0.4) is 0 Å². The molecule has 0 fully saturated rings. The Morgan fingerprint density at radius 2 is 1.88 bits per heavy atom. The molecule has 4 heteroatoms. The molecular weight excluding hydrogens is 323 g/mol. The van der Waals surface area contributed by atoms with Crippen molar-refractivity contribution in [2.45, 2.75) is 26.4 Å². The third-order valence-corrected chi connectivity index (χ3v) is 4.23. The monoisotopic (exact) mass is 341 g/mol. The fourth-order valence-electron chi connectivity index (χ4n) is 2.77. The van der Waals surface area contributed by atoms with E-state index in [0.717, 1.165) is 39.8 Å². The fourth-order valence-corrected chi connectivity index (χ4v) is 2.77. The first kappa shape index (κ1) is 17.2. The van der Waals surface area contributed by atoms with Crippen LogP contribution in [0, 0.1) is 0 Å². The Morgan fingerprint density at radius 1 is 1.08 bits per heavy atom. The fraction of sp³-hybridized carbons (Fsp3) is 0.190. The third-order valence-electron chi connectivity index (χ3n) is 4.23. The van der Waals surface area contributed by atoms with E-state index in [2.05, 4.69) is 4.99 Å². The van der Waals surface area contributed by atoms with Crippen LogP contribution in [0.1, 0.15) is 37.0 Å². The van der Waals surface area contributed by atoms with Gasteiger partial charge in [0.25, 0.3) is 0 Å². The Kier molecular flexibility index (Phi) is 4.62. The Labute approximate surface area is 144 Å². The smallest absolute Gasteiger partial charge is 0.255 e. The number of fused-ring (bicyclic) bond motifs is 1. The summed E-state index contributed by atoms with van der Waals surface area (Å²) in [4.78, 5) is 4.15. The number of rotatable bonds is 4. The SMILES string of the molecule is CC/C=C\C(=C(/C)c1cccc(C(F)(F)F)c1)c1ccc2c(c1)=CN=2. The summed E-state index contributed by atoms with van der Waals surface area (Å²) in [7, 11) is 0. The average molecular weight is 341 g/mol. The zero-order valence-corrected chi connectivity index (χ0v) is 14.1. The molecule has 0 saturated heterocycles. The van der Waals surface area contributed by atoms with Crippen molar-refractivity contribution in [3.05, 3.63) is 81.9 Å². The summed E-state index contributed by atoms with van der Waals surface area (Å²) in [5, 5.41) is 2.00. The molecule has 0 radical (unpaired) electrons.